The molecule has 1 heterocycles. The molecule has 1 aromatic carbocycles. The lowest BCUT2D eigenvalue weighted by Crippen LogP contribution is -2.12. The molecule has 1 N–H and O–H groups in total. The lowest BCUT2D eigenvalue weighted by molar-refractivity contribution is 0.412. The van der Waals surface area contributed by atoms with E-state index in [-0.39, 0.29) is 0 Å². The summed E-state index contributed by atoms with van der Waals surface area (Å²) in [5.41, 5.74) is 0.953. The summed E-state index contributed by atoms with van der Waals surface area (Å²) in [4.78, 5) is 4.29. The van der Waals surface area contributed by atoms with E-state index >= 15 is 0 Å². The maximum Gasteiger partial charge on any atom is 0.141 e. The van der Waals surface area contributed by atoms with Gasteiger partial charge in [0.2, 0.25) is 0 Å². The highest BCUT2D eigenvalue weighted by atomic mass is 79.9. The Morgan fingerprint density at radius 2 is 2.05 bits per heavy atom. The number of benzene rings is 1. The molecule has 0 aliphatic rings. The Balaban J connectivity index is 2.13. The van der Waals surface area contributed by atoms with Crippen LogP contribution in [0.1, 0.15) is 12.6 Å². The van der Waals surface area contributed by atoms with E-state index in [1.54, 1.807) is 13.3 Å². The molecule has 0 unspecified atom stereocenters. The van der Waals surface area contributed by atoms with E-state index < -0.39 is 0 Å². The fraction of sp³-hybridized carbons (Fsp3) is 0.267. The van der Waals surface area contributed by atoms with Crippen molar-refractivity contribution in [2.75, 3.05) is 13.7 Å². The van der Waals surface area contributed by atoms with Crippen LogP contribution in [0.25, 0.3) is 0 Å². The molecule has 0 aliphatic carbocycles. The van der Waals surface area contributed by atoms with Crippen molar-refractivity contribution in [2.24, 2.45) is 0 Å². The number of rotatable bonds is 6. The van der Waals surface area contributed by atoms with Crippen LogP contribution in [0.5, 0.6) is 17.2 Å². The third-order valence-electron chi connectivity index (χ3n) is 2.71. The van der Waals surface area contributed by atoms with Crippen LogP contribution in [-0.4, -0.2) is 18.6 Å². The molecule has 0 aliphatic heterocycles. The van der Waals surface area contributed by atoms with Crippen LogP contribution >= 0.6 is 15.9 Å². The predicted molar refractivity (Wildman–Crippen MR) is 82.4 cm³/mol. The van der Waals surface area contributed by atoms with Crippen molar-refractivity contribution >= 4 is 15.9 Å². The summed E-state index contributed by atoms with van der Waals surface area (Å²) in [6, 6.07) is 9.37. The van der Waals surface area contributed by atoms with Gasteiger partial charge in [0.05, 0.1) is 17.3 Å². The molecule has 0 amide bonds. The Morgan fingerprint density at radius 3 is 2.75 bits per heavy atom. The van der Waals surface area contributed by atoms with Crippen LogP contribution in [0, 0.1) is 0 Å². The van der Waals surface area contributed by atoms with Gasteiger partial charge in [-0.15, -0.1) is 0 Å². The monoisotopic (exact) mass is 336 g/mol. The fourth-order valence-corrected chi connectivity index (χ4v) is 2.13. The molecular weight excluding hydrogens is 320 g/mol. The summed E-state index contributed by atoms with van der Waals surface area (Å²) in [7, 11) is 1.64. The van der Waals surface area contributed by atoms with Crippen LogP contribution in [-0.2, 0) is 6.54 Å². The summed E-state index contributed by atoms with van der Waals surface area (Å²) in [5, 5.41) is 3.24. The summed E-state index contributed by atoms with van der Waals surface area (Å²) >= 11 is 3.47. The van der Waals surface area contributed by atoms with E-state index in [0.29, 0.717) is 0 Å². The molecule has 1 aromatic heterocycles. The third-order valence-corrected chi connectivity index (χ3v) is 3.33. The molecule has 0 atom stereocenters. The lowest BCUT2D eigenvalue weighted by atomic mass is 10.3. The zero-order chi connectivity index (χ0) is 14.4. The van der Waals surface area contributed by atoms with Crippen molar-refractivity contribution in [1.82, 2.24) is 10.3 Å². The van der Waals surface area contributed by atoms with E-state index in [0.717, 1.165) is 40.5 Å². The quantitative estimate of drug-likeness (QED) is 0.872. The molecular formula is C15H17BrN2O2. The van der Waals surface area contributed by atoms with E-state index in [1.807, 2.05) is 30.3 Å². The van der Waals surface area contributed by atoms with Crippen LogP contribution in [0.2, 0.25) is 0 Å². The number of nitrogens with zero attached hydrogens (tertiary/aromatic N) is 1. The highest BCUT2D eigenvalue weighted by Gasteiger charge is 2.05. The second kappa shape index (κ2) is 7.26. The van der Waals surface area contributed by atoms with Crippen molar-refractivity contribution in [1.29, 1.82) is 0 Å². The summed E-state index contributed by atoms with van der Waals surface area (Å²) in [6.45, 7) is 3.71. The minimum absolute atomic E-state index is 0.734. The van der Waals surface area contributed by atoms with E-state index in [9.17, 15) is 0 Å². The molecule has 0 fully saturated rings. The van der Waals surface area contributed by atoms with Gasteiger partial charge in [0.1, 0.15) is 17.2 Å². The van der Waals surface area contributed by atoms with Crippen LogP contribution in [0.15, 0.2) is 41.0 Å². The zero-order valence-electron chi connectivity index (χ0n) is 11.5. The van der Waals surface area contributed by atoms with Crippen molar-refractivity contribution in [3.05, 3.63) is 46.7 Å². The second-order valence-electron chi connectivity index (χ2n) is 4.16. The molecule has 0 radical (unpaired) electrons. The van der Waals surface area contributed by atoms with Gasteiger partial charge in [0, 0.05) is 18.8 Å². The molecule has 4 nitrogen and oxygen atoms in total. The molecule has 0 saturated heterocycles. The van der Waals surface area contributed by atoms with Gasteiger partial charge in [-0.2, -0.15) is 0 Å². The Hall–Kier alpha value is -1.59. The average Bonchev–Trinajstić information content (AvgIpc) is 2.47. The molecule has 20 heavy (non-hydrogen) atoms. The van der Waals surface area contributed by atoms with Gasteiger partial charge in [-0.05, 0) is 46.7 Å². The first-order chi connectivity index (χ1) is 9.72. The third kappa shape index (κ3) is 3.95. The first kappa shape index (κ1) is 14.8. The Bertz CT molecular complexity index is 576. The first-order valence-electron chi connectivity index (χ1n) is 6.40. The maximum atomic E-state index is 5.86. The van der Waals surface area contributed by atoms with Gasteiger partial charge in [0.15, 0.2) is 0 Å². The zero-order valence-corrected chi connectivity index (χ0v) is 13.1. The maximum absolute atomic E-state index is 5.86. The number of aromatic nitrogens is 1. The van der Waals surface area contributed by atoms with Crippen molar-refractivity contribution in [3.8, 4) is 17.2 Å². The lowest BCUT2D eigenvalue weighted by Gasteiger charge is -2.10. The van der Waals surface area contributed by atoms with Crippen molar-refractivity contribution < 1.29 is 9.47 Å². The molecule has 106 valence electrons. The number of pyridine rings is 1. The predicted octanol–water partition coefficient (Wildman–Crippen LogP) is 3.75. The number of ether oxygens (including phenoxy) is 2. The molecule has 0 saturated carbocycles. The number of halogens is 1. The Kier molecular flexibility index (Phi) is 5.38. The normalized spacial score (nSPS) is 10.3. The van der Waals surface area contributed by atoms with Crippen LogP contribution < -0.4 is 14.8 Å². The van der Waals surface area contributed by atoms with E-state index in [2.05, 4.69) is 33.2 Å². The van der Waals surface area contributed by atoms with Gasteiger partial charge in [-0.1, -0.05) is 6.92 Å². The Morgan fingerprint density at radius 1 is 1.20 bits per heavy atom. The molecule has 2 rings (SSSR count). The second-order valence-corrected chi connectivity index (χ2v) is 5.02. The summed E-state index contributed by atoms with van der Waals surface area (Å²) in [6.07, 6.45) is 1.75. The van der Waals surface area contributed by atoms with E-state index in [4.69, 9.17) is 9.47 Å². The van der Waals surface area contributed by atoms with Gasteiger partial charge in [-0.25, -0.2) is 0 Å². The number of nitrogens with one attached hydrogen (secondary N) is 1. The SMILES string of the molecule is CCNCc1cc(Oc2ccc(OC)cc2Br)ccn1. The largest absolute Gasteiger partial charge is 0.497 e. The van der Waals surface area contributed by atoms with Gasteiger partial charge in [-0.3, -0.25) is 4.98 Å². The minimum Gasteiger partial charge on any atom is -0.497 e. The molecule has 5 heteroatoms. The topological polar surface area (TPSA) is 43.4 Å². The fourth-order valence-electron chi connectivity index (χ4n) is 1.69. The molecule has 2 aromatic rings. The van der Waals surface area contributed by atoms with Gasteiger partial charge >= 0.3 is 0 Å². The Labute approximate surface area is 127 Å². The minimum atomic E-state index is 0.734. The van der Waals surface area contributed by atoms with E-state index in [1.165, 1.54) is 0 Å². The standard InChI is InChI=1S/C15H17BrN2O2/c1-3-17-10-11-8-13(6-7-18-11)20-15-5-4-12(19-2)9-14(15)16/h4-9,17H,3,10H2,1-2H3. The van der Waals surface area contributed by atoms with Crippen molar-refractivity contribution in [2.45, 2.75) is 13.5 Å². The highest BCUT2D eigenvalue weighted by Crippen LogP contribution is 2.32. The van der Waals surface area contributed by atoms with Crippen LogP contribution in [0.3, 0.4) is 0 Å². The smallest absolute Gasteiger partial charge is 0.141 e. The number of hydrogen-bond acceptors (Lipinski definition) is 4. The number of hydrogen-bond donors (Lipinski definition) is 1. The summed E-state index contributed by atoms with van der Waals surface area (Å²) in [5.74, 6) is 2.29. The molecule has 0 bridgehead atoms. The van der Waals surface area contributed by atoms with Crippen molar-refractivity contribution in [3.63, 3.8) is 0 Å². The summed E-state index contributed by atoms with van der Waals surface area (Å²) < 4.78 is 11.9. The number of methoxy groups -OCH3 is 1. The first-order valence-corrected chi connectivity index (χ1v) is 7.19. The van der Waals surface area contributed by atoms with Gasteiger partial charge < -0.3 is 14.8 Å². The molecule has 0 spiro atoms. The van der Waals surface area contributed by atoms with Gasteiger partial charge in [0.25, 0.3) is 0 Å². The van der Waals surface area contributed by atoms with Crippen LogP contribution in [0.4, 0.5) is 0 Å². The average molecular weight is 337 g/mol. The highest BCUT2D eigenvalue weighted by molar-refractivity contribution is 9.10.